The lowest BCUT2D eigenvalue weighted by Crippen LogP contribution is -2.12. The largest absolute Gasteiger partial charge is 0.493 e. The molecule has 146 valence electrons. The van der Waals surface area contributed by atoms with Gasteiger partial charge < -0.3 is 24.1 Å². The SMILES string of the molecule is COc1ccc(-c2ccc3c(c2)COC3=O)c(OCC(=O)O)c1OCC1CC1. The van der Waals surface area contributed by atoms with Crippen LogP contribution in [0.25, 0.3) is 11.1 Å². The van der Waals surface area contributed by atoms with E-state index >= 15 is 0 Å². The average molecular weight is 384 g/mol. The Kier molecular flexibility index (Phi) is 4.81. The summed E-state index contributed by atoms with van der Waals surface area (Å²) in [6, 6.07) is 8.89. The Morgan fingerprint density at radius 3 is 2.64 bits per heavy atom. The summed E-state index contributed by atoms with van der Waals surface area (Å²) in [5.41, 5.74) is 2.75. The minimum absolute atomic E-state index is 0.217. The van der Waals surface area contributed by atoms with E-state index in [9.17, 15) is 9.59 Å². The molecule has 0 spiro atoms. The molecular formula is C21H20O7. The van der Waals surface area contributed by atoms with E-state index in [1.165, 1.54) is 7.11 Å². The lowest BCUT2D eigenvalue weighted by Gasteiger charge is -2.19. The number of hydrogen-bond acceptors (Lipinski definition) is 6. The first-order valence-electron chi connectivity index (χ1n) is 9.05. The van der Waals surface area contributed by atoms with Gasteiger partial charge in [-0.1, -0.05) is 6.07 Å². The van der Waals surface area contributed by atoms with E-state index in [0.29, 0.717) is 40.9 Å². The highest BCUT2D eigenvalue weighted by Crippen LogP contribution is 2.46. The molecule has 1 saturated carbocycles. The molecule has 0 atom stereocenters. The van der Waals surface area contributed by atoms with Gasteiger partial charge in [0.15, 0.2) is 18.1 Å². The summed E-state index contributed by atoms with van der Waals surface area (Å²) in [5, 5.41) is 9.09. The summed E-state index contributed by atoms with van der Waals surface area (Å²) in [4.78, 5) is 22.8. The maximum atomic E-state index is 11.7. The molecule has 1 heterocycles. The van der Waals surface area contributed by atoms with Crippen LogP contribution in [0, 0.1) is 5.92 Å². The number of carbonyl (C=O) groups is 2. The van der Waals surface area contributed by atoms with Crippen LogP contribution in [0.15, 0.2) is 30.3 Å². The highest BCUT2D eigenvalue weighted by molar-refractivity contribution is 5.94. The summed E-state index contributed by atoms with van der Waals surface area (Å²) in [7, 11) is 1.53. The van der Waals surface area contributed by atoms with E-state index < -0.39 is 12.6 Å². The van der Waals surface area contributed by atoms with Crippen molar-refractivity contribution in [1.82, 2.24) is 0 Å². The Bertz CT molecular complexity index is 931. The molecule has 0 amide bonds. The fourth-order valence-electron chi connectivity index (χ4n) is 3.13. The minimum atomic E-state index is -1.09. The van der Waals surface area contributed by atoms with Gasteiger partial charge in [-0.2, -0.15) is 0 Å². The van der Waals surface area contributed by atoms with Gasteiger partial charge in [-0.15, -0.1) is 0 Å². The topological polar surface area (TPSA) is 91.3 Å². The molecule has 0 saturated heterocycles. The second kappa shape index (κ2) is 7.42. The van der Waals surface area contributed by atoms with Crippen LogP contribution in [0.1, 0.15) is 28.8 Å². The molecular weight excluding hydrogens is 364 g/mol. The second-order valence-electron chi connectivity index (χ2n) is 6.86. The third-order valence-corrected chi connectivity index (χ3v) is 4.79. The number of carboxylic acids is 1. The lowest BCUT2D eigenvalue weighted by molar-refractivity contribution is -0.139. The Morgan fingerprint density at radius 2 is 1.93 bits per heavy atom. The Labute approximate surface area is 161 Å². The molecule has 1 aliphatic heterocycles. The normalized spacial score (nSPS) is 15.0. The van der Waals surface area contributed by atoms with Crippen molar-refractivity contribution in [1.29, 1.82) is 0 Å². The fourth-order valence-corrected chi connectivity index (χ4v) is 3.13. The zero-order valence-electron chi connectivity index (χ0n) is 15.4. The molecule has 0 bridgehead atoms. The number of aliphatic carboxylic acids is 1. The number of benzene rings is 2. The number of carbonyl (C=O) groups excluding carboxylic acids is 1. The van der Waals surface area contributed by atoms with Gasteiger partial charge in [-0.25, -0.2) is 9.59 Å². The number of methoxy groups -OCH3 is 1. The monoisotopic (exact) mass is 384 g/mol. The Hall–Kier alpha value is -3.22. The molecule has 2 aromatic rings. The molecule has 2 aromatic carbocycles. The number of fused-ring (bicyclic) bond motifs is 1. The lowest BCUT2D eigenvalue weighted by atomic mass is 9.99. The number of hydrogen-bond donors (Lipinski definition) is 1. The van der Waals surface area contributed by atoms with Crippen molar-refractivity contribution in [2.75, 3.05) is 20.3 Å². The van der Waals surface area contributed by atoms with Crippen LogP contribution in [0.3, 0.4) is 0 Å². The van der Waals surface area contributed by atoms with Crippen LogP contribution in [-0.4, -0.2) is 37.4 Å². The first kappa shape index (κ1) is 18.2. The number of ether oxygens (including phenoxy) is 4. The van der Waals surface area contributed by atoms with Crippen molar-refractivity contribution >= 4 is 11.9 Å². The maximum Gasteiger partial charge on any atom is 0.341 e. The summed E-state index contributed by atoms with van der Waals surface area (Å²) in [6.07, 6.45) is 2.23. The highest BCUT2D eigenvalue weighted by Gasteiger charge is 2.27. The van der Waals surface area contributed by atoms with E-state index in [-0.39, 0.29) is 12.6 Å². The van der Waals surface area contributed by atoms with E-state index in [1.807, 2.05) is 6.07 Å². The van der Waals surface area contributed by atoms with Crippen molar-refractivity contribution in [3.8, 4) is 28.4 Å². The van der Waals surface area contributed by atoms with Crippen LogP contribution < -0.4 is 14.2 Å². The first-order valence-corrected chi connectivity index (χ1v) is 9.05. The highest BCUT2D eigenvalue weighted by atomic mass is 16.5. The quantitative estimate of drug-likeness (QED) is 0.698. The van der Waals surface area contributed by atoms with Crippen LogP contribution in [0.4, 0.5) is 0 Å². The van der Waals surface area contributed by atoms with E-state index in [1.54, 1.807) is 24.3 Å². The smallest absolute Gasteiger partial charge is 0.341 e. The van der Waals surface area contributed by atoms with Crippen LogP contribution >= 0.6 is 0 Å². The van der Waals surface area contributed by atoms with Crippen molar-refractivity contribution in [2.45, 2.75) is 19.4 Å². The van der Waals surface area contributed by atoms with Crippen molar-refractivity contribution in [2.24, 2.45) is 5.92 Å². The standard InChI is InChI=1S/C21H20O7/c1-25-17-7-6-15(13-4-5-16-14(8-13)10-28-21(16)24)19(27-11-18(22)23)20(17)26-9-12-2-3-12/h4-8,12H,2-3,9-11H2,1H3,(H,22,23). The molecule has 4 rings (SSSR count). The maximum absolute atomic E-state index is 11.7. The summed E-state index contributed by atoms with van der Waals surface area (Å²) >= 11 is 0. The first-order chi connectivity index (χ1) is 13.6. The Morgan fingerprint density at radius 1 is 1.14 bits per heavy atom. The summed E-state index contributed by atoms with van der Waals surface area (Å²) in [6.45, 7) is 0.233. The summed E-state index contributed by atoms with van der Waals surface area (Å²) in [5.74, 6) is 0.254. The van der Waals surface area contributed by atoms with E-state index in [4.69, 9.17) is 24.1 Å². The molecule has 0 radical (unpaired) electrons. The molecule has 28 heavy (non-hydrogen) atoms. The molecule has 2 aliphatic rings. The number of carboxylic acid groups (broad SMARTS) is 1. The molecule has 7 heteroatoms. The van der Waals surface area contributed by atoms with Gasteiger partial charge in [-0.05, 0) is 48.6 Å². The van der Waals surface area contributed by atoms with Gasteiger partial charge in [-0.3, -0.25) is 0 Å². The zero-order valence-corrected chi connectivity index (χ0v) is 15.4. The van der Waals surface area contributed by atoms with Crippen molar-refractivity contribution < 1.29 is 33.6 Å². The third-order valence-electron chi connectivity index (χ3n) is 4.79. The van der Waals surface area contributed by atoms with Gasteiger partial charge in [0.25, 0.3) is 0 Å². The molecule has 0 aromatic heterocycles. The predicted octanol–water partition coefficient (Wildman–Crippen LogP) is 3.28. The second-order valence-corrected chi connectivity index (χ2v) is 6.86. The average Bonchev–Trinajstić information content (AvgIpc) is 3.46. The third kappa shape index (κ3) is 3.60. The van der Waals surface area contributed by atoms with Gasteiger partial charge in [0.05, 0.1) is 19.3 Å². The van der Waals surface area contributed by atoms with Gasteiger partial charge >= 0.3 is 11.9 Å². The fraction of sp³-hybridized carbons (Fsp3) is 0.333. The van der Waals surface area contributed by atoms with Crippen LogP contribution in [0.2, 0.25) is 0 Å². The predicted molar refractivity (Wildman–Crippen MR) is 98.9 cm³/mol. The van der Waals surface area contributed by atoms with Crippen LogP contribution in [-0.2, 0) is 16.1 Å². The molecule has 0 unspecified atom stereocenters. The number of cyclic esters (lactones) is 1. The van der Waals surface area contributed by atoms with E-state index in [0.717, 1.165) is 24.0 Å². The zero-order chi connectivity index (χ0) is 19.7. The van der Waals surface area contributed by atoms with Gasteiger partial charge in [0, 0.05) is 11.1 Å². The molecule has 1 N–H and O–H groups in total. The Balaban J connectivity index is 1.77. The molecule has 7 nitrogen and oxygen atoms in total. The van der Waals surface area contributed by atoms with Gasteiger partial charge in [0.2, 0.25) is 5.75 Å². The number of rotatable bonds is 8. The van der Waals surface area contributed by atoms with Crippen LogP contribution in [0.5, 0.6) is 17.2 Å². The van der Waals surface area contributed by atoms with Crippen molar-refractivity contribution in [3.05, 3.63) is 41.5 Å². The summed E-state index contributed by atoms with van der Waals surface area (Å²) < 4.78 is 22.1. The molecule has 1 aliphatic carbocycles. The van der Waals surface area contributed by atoms with Crippen molar-refractivity contribution in [3.63, 3.8) is 0 Å². The van der Waals surface area contributed by atoms with Gasteiger partial charge in [0.1, 0.15) is 6.61 Å². The minimum Gasteiger partial charge on any atom is -0.493 e. The molecule has 1 fully saturated rings. The van der Waals surface area contributed by atoms with E-state index in [2.05, 4.69) is 0 Å². The number of esters is 1.